The Hall–Kier alpha value is -6.38. The Kier molecular flexibility index (Phi) is 7.67. The molecule has 0 atom stereocenters. The van der Waals surface area contributed by atoms with Crippen molar-refractivity contribution in [2.75, 3.05) is 4.90 Å². The molecule has 0 aliphatic heterocycles. The second-order valence-corrected chi connectivity index (χ2v) is 16.7. The van der Waals surface area contributed by atoms with Crippen LogP contribution in [0.2, 0.25) is 0 Å². The molecule has 0 amide bonds. The largest absolute Gasteiger partial charge is 0.314 e. The van der Waals surface area contributed by atoms with Crippen LogP contribution in [0.25, 0.3) is 51.0 Å². The smallest absolute Gasteiger partial charge is 0.0540 e. The molecule has 0 fully saturated rings. The zero-order valence-corrected chi connectivity index (χ0v) is 33.1. The van der Waals surface area contributed by atoms with E-state index in [0.717, 1.165) is 22.6 Å². The fraction of sp³-hybridized carbons (Fsp3) is 0.148. The first-order chi connectivity index (χ1) is 27.1. The van der Waals surface area contributed by atoms with Crippen LogP contribution in [-0.2, 0) is 10.8 Å². The van der Waals surface area contributed by atoms with Gasteiger partial charge in [-0.05, 0) is 130 Å². The first kappa shape index (κ1) is 34.1. The Morgan fingerprint density at radius 1 is 0.446 bits per heavy atom. The molecule has 8 aromatic rings. The molecule has 0 spiro atoms. The van der Waals surface area contributed by atoms with Crippen LogP contribution >= 0.6 is 0 Å². The molecule has 0 N–H and O–H groups in total. The van der Waals surface area contributed by atoms with E-state index in [9.17, 15) is 0 Å². The molecule has 1 heterocycles. The maximum absolute atomic E-state index is 2.45. The minimum Gasteiger partial charge on any atom is -0.314 e. The van der Waals surface area contributed by atoms with Crippen LogP contribution in [0, 0.1) is 13.8 Å². The first-order valence-corrected chi connectivity index (χ1v) is 19.9. The van der Waals surface area contributed by atoms with Crippen molar-refractivity contribution in [3.63, 3.8) is 0 Å². The van der Waals surface area contributed by atoms with Crippen LogP contribution in [0.5, 0.6) is 0 Å². The van der Waals surface area contributed by atoms with Crippen molar-refractivity contribution in [2.45, 2.75) is 52.4 Å². The summed E-state index contributed by atoms with van der Waals surface area (Å²) < 4.78 is 2.45. The molecule has 2 aliphatic rings. The zero-order valence-electron chi connectivity index (χ0n) is 33.1. The van der Waals surface area contributed by atoms with E-state index in [1.54, 1.807) is 0 Å². The van der Waals surface area contributed by atoms with Gasteiger partial charge in [0.2, 0.25) is 0 Å². The van der Waals surface area contributed by atoms with Gasteiger partial charge in [0.05, 0.1) is 5.52 Å². The summed E-state index contributed by atoms with van der Waals surface area (Å²) in [5, 5.41) is 1.30. The van der Waals surface area contributed by atoms with Gasteiger partial charge in [-0.3, -0.25) is 0 Å². The first-order valence-electron chi connectivity index (χ1n) is 19.9. The number of benzene rings is 7. The number of hydrogen-bond acceptors (Lipinski definition) is 1. The van der Waals surface area contributed by atoms with Crippen molar-refractivity contribution < 1.29 is 0 Å². The van der Waals surface area contributed by atoms with E-state index >= 15 is 0 Å². The summed E-state index contributed by atoms with van der Waals surface area (Å²) in [6.45, 7) is 13.9. The lowest BCUT2D eigenvalue weighted by Crippen LogP contribution is -2.16. The molecule has 1 aromatic heterocycles. The number of aromatic nitrogens is 1. The van der Waals surface area contributed by atoms with E-state index in [1.165, 1.54) is 77.9 Å². The standard InChI is InChI=1S/C54H46N2/c1-35-36(2)55(41-27-30-46-44-16-10-12-18-48(44)53(3,4)50(46)33-41)52-32-38(24-29-43(35)52)21-20-37-22-25-40(26-23-37)56(39-14-8-7-9-15-39)42-28-31-47-45-17-11-13-19-49(45)54(5,6)51(47)34-42/h7-34H,1-6H3/b21-20+. The lowest BCUT2D eigenvalue weighted by molar-refractivity contribution is 0.659. The highest BCUT2D eigenvalue weighted by Crippen LogP contribution is 2.51. The molecule has 0 radical (unpaired) electrons. The third-order valence-electron chi connectivity index (χ3n) is 12.8. The molecule has 0 bridgehead atoms. The minimum atomic E-state index is -0.0639. The number of nitrogens with zero attached hydrogens (tertiary/aromatic N) is 2. The highest BCUT2D eigenvalue weighted by atomic mass is 15.1. The van der Waals surface area contributed by atoms with Crippen molar-refractivity contribution in [3.05, 3.63) is 202 Å². The average molecular weight is 723 g/mol. The Morgan fingerprint density at radius 2 is 0.964 bits per heavy atom. The Balaban J connectivity index is 0.973. The molecule has 0 saturated carbocycles. The monoisotopic (exact) mass is 722 g/mol. The second-order valence-electron chi connectivity index (χ2n) is 16.7. The molecular formula is C54H46N2. The fourth-order valence-electron chi connectivity index (χ4n) is 9.64. The molecular weight excluding hydrogens is 677 g/mol. The third kappa shape index (κ3) is 5.16. The number of rotatable bonds is 6. The van der Waals surface area contributed by atoms with Crippen LogP contribution in [-0.4, -0.2) is 4.57 Å². The number of fused-ring (bicyclic) bond motifs is 7. The molecule has 2 nitrogen and oxygen atoms in total. The average Bonchev–Trinajstić information content (AvgIpc) is 3.72. The van der Waals surface area contributed by atoms with E-state index in [4.69, 9.17) is 0 Å². The maximum Gasteiger partial charge on any atom is 0.0540 e. The van der Waals surface area contributed by atoms with Gasteiger partial charge >= 0.3 is 0 Å². The molecule has 0 unspecified atom stereocenters. The second kappa shape index (κ2) is 12.6. The fourth-order valence-corrected chi connectivity index (χ4v) is 9.64. The lowest BCUT2D eigenvalue weighted by atomic mass is 9.82. The summed E-state index contributed by atoms with van der Waals surface area (Å²) in [5.74, 6) is 0. The molecule has 7 aromatic carbocycles. The molecule has 272 valence electrons. The molecule has 2 heteroatoms. The number of aryl methyl sites for hydroxylation is 1. The molecule has 56 heavy (non-hydrogen) atoms. The summed E-state index contributed by atoms with van der Waals surface area (Å²) in [4.78, 5) is 2.37. The molecule has 2 aliphatic carbocycles. The topological polar surface area (TPSA) is 8.17 Å². The van der Waals surface area contributed by atoms with E-state index in [2.05, 4.69) is 221 Å². The van der Waals surface area contributed by atoms with Crippen molar-refractivity contribution in [1.29, 1.82) is 0 Å². The number of hydrogen-bond donors (Lipinski definition) is 0. The highest BCUT2D eigenvalue weighted by molar-refractivity contribution is 5.91. The Bertz CT molecular complexity index is 2860. The van der Waals surface area contributed by atoms with Crippen LogP contribution < -0.4 is 4.90 Å². The van der Waals surface area contributed by atoms with Gasteiger partial charge in [0, 0.05) is 44.7 Å². The van der Waals surface area contributed by atoms with Crippen LogP contribution in [0.1, 0.15) is 72.3 Å². The van der Waals surface area contributed by atoms with Crippen molar-refractivity contribution in [3.8, 4) is 27.9 Å². The maximum atomic E-state index is 2.45. The summed E-state index contributed by atoms with van der Waals surface area (Å²) in [7, 11) is 0. The SMILES string of the molecule is Cc1c(C)n(-c2ccc3c(c2)C(C)(C)c2ccccc2-3)c2cc(/C=C/c3ccc(N(c4ccccc4)c4ccc5c(c4)C(C)(C)c4ccccc4-5)cc3)ccc12. The van der Waals surface area contributed by atoms with E-state index in [0.29, 0.717) is 0 Å². The quantitative estimate of drug-likeness (QED) is 0.155. The van der Waals surface area contributed by atoms with Gasteiger partial charge in [-0.25, -0.2) is 0 Å². The van der Waals surface area contributed by atoms with Crippen molar-refractivity contribution >= 4 is 40.1 Å². The summed E-state index contributed by atoms with van der Waals surface area (Å²) >= 11 is 0. The molecule has 10 rings (SSSR count). The Morgan fingerprint density at radius 3 is 1.64 bits per heavy atom. The van der Waals surface area contributed by atoms with Gasteiger partial charge in [0.15, 0.2) is 0 Å². The van der Waals surface area contributed by atoms with E-state index < -0.39 is 0 Å². The van der Waals surface area contributed by atoms with Gasteiger partial charge in [-0.15, -0.1) is 0 Å². The van der Waals surface area contributed by atoms with Gasteiger partial charge in [-0.1, -0.05) is 143 Å². The van der Waals surface area contributed by atoms with Crippen LogP contribution in [0.3, 0.4) is 0 Å². The zero-order chi connectivity index (χ0) is 38.3. The van der Waals surface area contributed by atoms with Crippen molar-refractivity contribution in [1.82, 2.24) is 4.57 Å². The lowest BCUT2D eigenvalue weighted by Gasteiger charge is -2.28. The van der Waals surface area contributed by atoms with Crippen molar-refractivity contribution in [2.24, 2.45) is 0 Å². The summed E-state index contributed by atoms with van der Waals surface area (Å²) in [6, 6.07) is 58.3. The van der Waals surface area contributed by atoms with Gasteiger partial charge in [-0.2, -0.15) is 0 Å². The summed E-state index contributed by atoms with van der Waals surface area (Å²) in [6.07, 6.45) is 4.48. The Labute approximate surface area is 331 Å². The van der Waals surface area contributed by atoms with Crippen LogP contribution in [0.15, 0.2) is 158 Å². The predicted molar refractivity (Wildman–Crippen MR) is 238 cm³/mol. The molecule has 0 saturated heterocycles. The van der Waals surface area contributed by atoms with Gasteiger partial charge < -0.3 is 9.47 Å². The van der Waals surface area contributed by atoms with E-state index in [-0.39, 0.29) is 10.8 Å². The number of para-hydroxylation sites is 1. The van der Waals surface area contributed by atoms with Crippen LogP contribution in [0.4, 0.5) is 17.1 Å². The number of anilines is 3. The minimum absolute atomic E-state index is 0.0416. The van der Waals surface area contributed by atoms with Gasteiger partial charge in [0.1, 0.15) is 0 Å². The summed E-state index contributed by atoms with van der Waals surface area (Å²) in [5.41, 5.74) is 21.7. The highest BCUT2D eigenvalue weighted by Gasteiger charge is 2.37. The third-order valence-corrected chi connectivity index (χ3v) is 12.8. The van der Waals surface area contributed by atoms with E-state index in [1.807, 2.05) is 0 Å². The predicted octanol–water partition coefficient (Wildman–Crippen LogP) is 14.5. The normalized spacial score (nSPS) is 14.5. The van der Waals surface area contributed by atoms with Gasteiger partial charge in [0.25, 0.3) is 0 Å².